The number of anilines is 1. The van der Waals surface area contributed by atoms with Crippen LogP contribution in [0.3, 0.4) is 0 Å². The maximum atomic E-state index is 11.0. The van der Waals surface area contributed by atoms with Crippen molar-refractivity contribution < 1.29 is 4.79 Å². The summed E-state index contributed by atoms with van der Waals surface area (Å²) in [7, 11) is 1.64. The van der Waals surface area contributed by atoms with Crippen molar-refractivity contribution in [3.8, 4) is 0 Å². The molecule has 1 amide bonds. The summed E-state index contributed by atoms with van der Waals surface area (Å²) in [5.74, 6) is 0.0686. The minimum atomic E-state index is 0.0686. The standard InChI is InChI=1S/C11H14BrClN2O/c1-14-11(16)3-2-6-15-8-4-5-10(13)9(12)7-8/h4-5,7,15H,2-3,6H2,1H3,(H,14,16). The molecule has 0 aliphatic carbocycles. The van der Waals surface area contributed by atoms with Crippen molar-refractivity contribution in [1.29, 1.82) is 0 Å². The Labute approximate surface area is 109 Å². The Bertz CT molecular complexity index is 371. The molecule has 1 aromatic rings. The molecule has 5 heteroatoms. The van der Waals surface area contributed by atoms with Gasteiger partial charge >= 0.3 is 0 Å². The molecule has 16 heavy (non-hydrogen) atoms. The lowest BCUT2D eigenvalue weighted by molar-refractivity contribution is -0.120. The van der Waals surface area contributed by atoms with Crippen LogP contribution in [-0.4, -0.2) is 19.5 Å². The zero-order valence-corrected chi connectivity index (χ0v) is 11.4. The van der Waals surface area contributed by atoms with Crippen LogP contribution in [0.15, 0.2) is 22.7 Å². The maximum Gasteiger partial charge on any atom is 0.219 e. The normalized spacial score (nSPS) is 9.94. The van der Waals surface area contributed by atoms with Gasteiger partial charge in [0.2, 0.25) is 5.91 Å². The average Bonchev–Trinajstić information content (AvgIpc) is 2.28. The summed E-state index contributed by atoms with van der Waals surface area (Å²) in [5, 5.41) is 6.50. The van der Waals surface area contributed by atoms with Gasteiger partial charge in [0.1, 0.15) is 0 Å². The van der Waals surface area contributed by atoms with Crippen LogP contribution in [0.5, 0.6) is 0 Å². The molecule has 1 aromatic carbocycles. The quantitative estimate of drug-likeness (QED) is 0.821. The lowest BCUT2D eigenvalue weighted by atomic mass is 10.2. The molecular weight excluding hydrogens is 291 g/mol. The highest BCUT2D eigenvalue weighted by atomic mass is 79.9. The largest absolute Gasteiger partial charge is 0.385 e. The fraction of sp³-hybridized carbons (Fsp3) is 0.364. The lowest BCUT2D eigenvalue weighted by Gasteiger charge is -2.07. The Morgan fingerprint density at radius 1 is 1.50 bits per heavy atom. The SMILES string of the molecule is CNC(=O)CCCNc1ccc(Cl)c(Br)c1. The molecule has 1 rings (SSSR count). The fourth-order valence-corrected chi connectivity index (χ4v) is 1.71. The Hall–Kier alpha value is -0.740. The van der Waals surface area contributed by atoms with Gasteiger partial charge in [-0.3, -0.25) is 4.79 Å². The zero-order chi connectivity index (χ0) is 12.0. The minimum Gasteiger partial charge on any atom is -0.385 e. The second-order valence-electron chi connectivity index (χ2n) is 3.33. The first kappa shape index (κ1) is 13.3. The second kappa shape index (κ2) is 6.76. The minimum absolute atomic E-state index is 0.0686. The summed E-state index contributed by atoms with van der Waals surface area (Å²) in [4.78, 5) is 11.0. The van der Waals surface area contributed by atoms with Gasteiger partial charge in [0.15, 0.2) is 0 Å². The fourth-order valence-electron chi connectivity index (χ4n) is 1.21. The number of carbonyl (C=O) groups excluding carboxylic acids is 1. The number of carbonyl (C=O) groups is 1. The van der Waals surface area contributed by atoms with Gasteiger partial charge in [-0.15, -0.1) is 0 Å². The van der Waals surface area contributed by atoms with Crippen molar-refractivity contribution in [2.75, 3.05) is 18.9 Å². The van der Waals surface area contributed by atoms with E-state index in [4.69, 9.17) is 11.6 Å². The van der Waals surface area contributed by atoms with E-state index in [0.29, 0.717) is 11.4 Å². The van der Waals surface area contributed by atoms with E-state index in [1.54, 1.807) is 7.05 Å². The number of nitrogens with one attached hydrogen (secondary N) is 2. The van der Waals surface area contributed by atoms with E-state index < -0.39 is 0 Å². The molecule has 0 aliphatic rings. The van der Waals surface area contributed by atoms with Crippen molar-refractivity contribution >= 4 is 39.1 Å². The molecule has 0 bridgehead atoms. The molecule has 0 unspecified atom stereocenters. The highest BCUT2D eigenvalue weighted by molar-refractivity contribution is 9.10. The highest BCUT2D eigenvalue weighted by Crippen LogP contribution is 2.25. The van der Waals surface area contributed by atoms with Crippen LogP contribution in [0.25, 0.3) is 0 Å². The van der Waals surface area contributed by atoms with Crippen LogP contribution < -0.4 is 10.6 Å². The molecule has 0 radical (unpaired) electrons. The van der Waals surface area contributed by atoms with E-state index in [9.17, 15) is 4.79 Å². The van der Waals surface area contributed by atoms with Crippen LogP contribution in [0.2, 0.25) is 5.02 Å². The molecule has 0 spiro atoms. The average molecular weight is 306 g/mol. The number of rotatable bonds is 5. The van der Waals surface area contributed by atoms with Gasteiger partial charge in [0.25, 0.3) is 0 Å². The summed E-state index contributed by atoms with van der Waals surface area (Å²) in [6, 6.07) is 5.65. The monoisotopic (exact) mass is 304 g/mol. The van der Waals surface area contributed by atoms with Gasteiger partial charge in [-0.25, -0.2) is 0 Å². The molecule has 0 atom stereocenters. The van der Waals surface area contributed by atoms with Crippen molar-refractivity contribution in [3.63, 3.8) is 0 Å². The van der Waals surface area contributed by atoms with E-state index in [0.717, 1.165) is 23.1 Å². The van der Waals surface area contributed by atoms with Gasteiger partial charge in [0.05, 0.1) is 5.02 Å². The predicted octanol–water partition coefficient (Wildman–Crippen LogP) is 3.04. The van der Waals surface area contributed by atoms with Crippen LogP contribution in [0.1, 0.15) is 12.8 Å². The van der Waals surface area contributed by atoms with E-state index in [-0.39, 0.29) is 5.91 Å². The molecule has 0 saturated carbocycles. The van der Waals surface area contributed by atoms with Crippen LogP contribution in [0.4, 0.5) is 5.69 Å². The third-order valence-electron chi connectivity index (χ3n) is 2.11. The Balaban J connectivity index is 2.32. The van der Waals surface area contributed by atoms with Crippen molar-refractivity contribution in [2.45, 2.75) is 12.8 Å². The van der Waals surface area contributed by atoms with Gasteiger partial charge in [0, 0.05) is 30.2 Å². The van der Waals surface area contributed by atoms with E-state index in [1.807, 2.05) is 18.2 Å². The Kier molecular flexibility index (Phi) is 5.63. The lowest BCUT2D eigenvalue weighted by Crippen LogP contribution is -2.18. The molecule has 88 valence electrons. The molecule has 2 N–H and O–H groups in total. The van der Waals surface area contributed by atoms with Crippen LogP contribution >= 0.6 is 27.5 Å². The third-order valence-corrected chi connectivity index (χ3v) is 3.32. The second-order valence-corrected chi connectivity index (χ2v) is 4.59. The van der Waals surface area contributed by atoms with Gasteiger partial charge < -0.3 is 10.6 Å². The molecule has 0 aromatic heterocycles. The van der Waals surface area contributed by atoms with E-state index >= 15 is 0 Å². The molecule has 3 nitrogen and oxygen atoms in total. The van der Waals surface area contributed by atoms with Crippen LogP contribution in [0, 0.1) is 0 Å². The highest BCUT2D eigenvalue weighted by Gasteiger charge is 1.99. The van der Waals surface area contributed by atoms with Crippen molar-refractivity contribution in [1.82, 2.24) is 5.32 Å². The molecule has 0 saturated heterocycles. The number of hydrogen-bond acceptors (Lipinski definition) is 2. The summed E-state index contributed by atoms with van der Waals surface area (Å²) >= 11 is 9.23. The Morgan fingerprint density at radius 2 is 2.25 bits per heavy atom. The molecule has 0 aliphatic heterocycles. The molecule has 0 heterocycles. The number of benzene rings is 1. The summed E-state index contributed by atoms with van der Waals surface area (Å²) in [6.45, 7) is 0.765. The van der Waals surface area contributed by atoms with Crippen LogP contribution in [-0.2, 0) is 4.79 Å². The first-order valence-electron chi connectivity index (χ1n) is 5.03. The maximum absolute atomic E-state index is 11.0. The zero-order valence-electron chi connectivity index (χ0n) is 9.02. The number of halogens is 2. The predicted molar refractivity (Wildman–Crippen MR) is 70.9 cm³/mol. The van der Waals surface area contributed by atoms with Crippen molar-refractivity contribution in [2.24, 2.45) is 0 Å². The Morgan fingerprint density at radius 3 is 2.88 bits per heavy atom. The molecular formula is C11H14BrClN2O. The van der Waals surface area contributed by atoms with Gasteiger partial charge in [-0.1, -0.05) is 11.6 Å². The summed E-state index contributed by atoms with van der Waals surface area (Å²) in [6.07, 6.45) is 1.35. The van der Waals surface area contributed by atoms with Crippen molar-refractivity contribution in [3.05, 3.63) is 27.7 Å². The first-order chi connectivity index (χ1) is 7.63. The van der Waals surface area contributed by atoms with Gasteiger partial charge in [-0.2, -0.15) is 0 Å². The summed E-state index contributed by atoms with van der Waals surface area (Å²) in [5.41, 5.74) is 0.994. The summed E-state index contributed by atoms with van der Waals surface area (Å²) < 4.78 is 0.866. The third kappa shape index (κ3) is 4.41. The molecule has 0 fully saturated rings. The first-order valence-corrected chi connectivity index (χ1v) is 6.20. The topological polar surface area (TPSA) is 41.1 Å². The van der Waals surface area contributed by atoms with E-state index in [2.05, 4.69) is 26.6 Å². The number of hydrogen-bond donors (Lipinski definition) is 2. The smallest absolute Gasteiger partial charge is 0.219 e. The number of amides is 1. The van der Waals surface area contributed by atoms with Gasteiger partial charge in [-0.05, 0) is 40.5 Å². The van der Waals surface area contributed by atoms with E-state index in [1.165, 1.54) is 0 Å².